The van der Waals surface area contributed by atoms with Crippen LogP contribution in [-0.4, -0.2) is 43.8 Å². The smallest absolute Gasteiger partial charge is 0.262 e. The van der Waals surface area contributed by atoms with Crippen LogP contribution >= 0.6 is 23.2 Å². The Bertz CT molecular complexity index is 1080. The Morgan fingerprint density at radius 1 is 1.17 bits per heavy atom. The number of aryl methyl sites for hydroxylation is 1. The molecule has 0 atom stereocenters. The van der Waals surface area contributed by atoms with Gasteiger partial charge in [-0.05, 0) is 55.0 Å². The Labute approximate surface area is 184 Å². The summed E-state index contributed by atoms with van der Waals surface area (Å²) in [6.45, 7) is 4.99. The van der Waals surface area contributed by atoms with Crippen molar-refractivity contribution in [1.82, 2.24) is 4.98 Å². The predicted octanol–water partition coefficient (Wildman–Crippen LogP) is 4.70. The molecule has 0 bridgehead atoms. The van der Waals surface area contributed by atoms with Crippen molar-refractivity contribution in [2.45, 2.75) is 6.92 Å². The summed E-state index contributed by atoms with van der Waals surface area (Å²) in [7, 11) is 0. The standard InChI is InChI=1S/C22H21Cl2N3O3/c1-14-10-21(27-6-8-29-9-7-27)26-19-4-3-16(12-17(14)19)25-22(28)13-30-20-5-2-15(23)11-18(20)24/h2-5,10-12H,6-9,13H2,1H3,(H,25,28). The predicted molar refractivity (Wildman–Crippen MR) is 120 cm³/mol. The molecule has 1 aromatic heterocycles. The van der Waals surface area contributed by atoms with Gasteiger partial charge in [-0.2, -0.15) is 0 Å². The third-order valence-electron chi connectivity index (χ3n) is 4.87. The number of amides is 1. The first-order valence-electron chi connectivity index (χ1n) is 9.61. The highest BCUT2D eigenvalue weighted by Gasteiger charge is 2.14. The van der Waals surface area contributed by atoms with Crippen LogP contribution in [0, 0.1) is 6.92 Å². The summed E-state index contributed by atoms with van der Waals surface area (Å²) in [5.74, 6) is 1.08. The van der Waals surface area contributed by atoms with Gasteiger partial charge in [0.25, 0.3) is 5.91 Å². The first kappa shape index (κ1) is 20.7. The molecular formula is C22H21Cl2N3O3. The van der Waals surface area contributed by atoms with Crippen LogP contribution in [-0.2, 0) is 9.53 Å². The molecule has 30 heavy (non-hydrogen) atoms. The minimum absolute atomic E-state index is 0.160. The van der Waals surface area contributed by atoms with Gasteiger partial charge >= 0.3 is 0 Å². The Morgan fingerprint density at radius 3 is 2.73 bits per heavy atom. The molecule has 1 N–H and O–H groups in total. The van der Waals surface area contributed by atoms with Crippen LogP contribution in [0.3, 0.4) is 0 Å². The molecule has 1 fully saturated rings. The van der Waals surface area contributed by atoms with E-state index >= 15 is 0 Å². The van der Waals surface area contributed by atoms with Gasteiger partial charge in [-0.1, -0.05) is 23.2 Å². The van der Waals surface area contributed by atoms with E-state index in [2.05, 4.69) is 16.3 Å². The number of nitrogens with zero attached hydrogens (tertiary/aromatic N) is 2. The first-order valence-corrected chi connectivity index (χ1v) is 10.4. The van der Waals surface area contributed by atoms with Crippen LogP contribution in [0.1, 0.15) is 5.56 Å². The number of aromatic nitrogens is 1. The molecule has 1 saturated heterocycles. The minimum atomic E-state index is -0.282. The van der Waals surface area contributed by atoms with Gasteiger partial charge in [-0.15, -0.1) is 0 Å². The van der Waals surface area contributed by atoms with Gasteiger partial charge in [0.15, 0.2) is 6.61 Å². The largest absolute Gasteiger partial charge is 0.482 e. The summed E-state index contributed by atoms with van der Waals surface area (Å²) in [5.41, 5.74) is 2.67. The van der Waals surface area contributed by atoms with Crippen LogP contribution in [0.25, 0.3) is 10.9 Å². The average Bonchev–Trinajstić information content (AvgIpc) is 2.74. The van der Waals surface area contributed by atoms with Crippen molar-refractivity contribution in [2.75, 3.05) is 43.1 Å². The van der Waals surface area contributed by atoms with Gasteiger partial charge in [0.05, 0.1) is 23.8 Å². The monoisotopic (exact) mass is 445 g/mol. The number of fused-ring (bicyclic) bond motifs is 1. The van der Waals surface area contributed by atoms with Gasteiger partial charge in [0, 0.05) is 29.2 Å². The maximum absolute atomic E-state index is 12.3. The zero-order valence-electron chi connectivity index (χ0n) is 16.5. The molecule has 2 heterocycles. The van der Waals surface area contributed by atoms with E-state index in [1.165, 1.54) is 0 Å². The third kappa shape index (κ3) is 4.78. The first-order chi connectivity index (χ1) is 14.5. The summed E-state index contributed by atoms with van der Waals surface area (Å²) in [6, 6.07) is 12.6. The molecule has 156 valence electrons. The molecule has 6 nitrogen and oxygen atoms in total. The minimum Gasteiger partial charge on any atom is -0.482 e. The topological polar surface area (TPSA) is 63.7 Å². The van der Waals surface area contributed by atoms with E-state index in [0.717, 1.165) is 35.4 Å². The number of benzene rings is 2. The Kier molecular flexibility index (Phi) is 6.27. The molecule has 0 unspecified atom stereocenters. The lowest BCUT2D eigenvalue weighted by molar-refractivity contribution is -0.118. The number of rotatable bonds is 5. The van der Waals surface area contributed by atoms with Crippen LogP contribution < -0.4 is 15.0 Å². The third-order valence-corrected chi connectivity index (χ3v) is 5.40. The fourth-order valence-electron chi connectivity index (χ4n) is 3.34. The molecule has 0 saturated carbocycles. The maximum atomic E-state index is 12.3. The zero-order chi connectivity index (χ0) is 21.1. The summed E-state index contributed by atoms with van der Waals surface area (Å²) in [6.07, 6.45) is 0. The normalized spacial score (nSPS) is 14.0. The lowest BCUT2D eigenvalue weighted by Crippen LogP contribution is -2.36. The van der Waals surface area contributed by atoms with Gasteiger partial charge in [0.2, 0.25) is 0 Å². The van der Waals surface area contributed by atoms with E-state index in [-0.39, 0.29) is 12.5 Å². The van der Waals surface area contributed by atoms with Crippen LogP contribution in [0.15, 0.2) is 42.5 Å². The van der Waals surface area contributed by atoms with Crippen molar-refractivity contribution in [3.05, 3.63) is 58.1 Å². The number of halogens is 2. The molecular weight excluding hydrogens is 425 g/mol. The van der Waals surface area contributed by atoms with E-state index in [0.29, 0.717) is 34.7 Å². The second kappa shape index (κ2) is 9.08. The molecule has 1 aliphatic heterocycles. The second-order valence-corrected chi connectivity index (χ2v) is 7.88. The van der Waals surface area contributed by atoms with Crippen molar-refractivity contribution >= 4 is 51.5 Å². The van der Waals surface area contributed by atoms with Gasteiger partial charge < -0.3 is 19.7 Å². The SMILES string of the molecule is Cc1cc(N2CCOCC2)nc2ccc(NC(=O)COc3ccc(Cl)cc3Cl)cc12. The van der Waals surface area contributed by atoms with Crippen molar-refractivity contribution in [3.8, 4) is 5.75 Å². The summed E-state index contributed by atoms with van der Waals surface area (Å²) >= 11 is 11.9. The summed E-state index contributed by atoms with van der Waals surface area (Å²) in [5, 5.41) is 4.71. The van der Waals surface area contributed by atoms with Crippen molar-refractivity contribution in [3.63, 3.8) is 0 Å². The molecule has 1 amide bonds. The quantitative estimate of drug-likeness (QED) is 0.616. The molecule has 0 radical (unpaired) electrons. The number of carbonyl (C=O) groups is 1. The molecule has 2 aromatic carbocycles. The Hall–Kier alpha value is -2.54. The highest BCUT2D eigenvalue weighted by Crippen LogP contribution is 2.28. The fraction of sp³-hybridized carbons (Fsp3) is 0.273. The lowest BCUT2D eigenvalue weighted by Gasteiger charge is -2.28. The number of nitrogens with one attached hydrogen (secondary N) is 1. The molecule has 3 aromatic rings. The van der Waals surface area contributed by atoms with E-state index in [1.54, 1.807) is 18.2 Å². The molecule has 8 heteroatoms. The Morgan fingerprint density at radius 2 is 1.97 bits per heavy atom. The van der Waals surface area contributed by atoms with Crippen molar-refractivity contribution < 1.29 is 14.3 Å². The second-order valence-electron chi connectivity index (χ2n) is 7.04. The van der Waals surface area contributed by atoms with E-state index < -0.39 is 0 Å². The number of morpholine rings is 1. The van der Waals surface area contributed by atoms with E-state index in [1.807, 2.05) is 25.1 Å². The number of carbonyl (C=O) groups excluding carboxylic acids is 1. The van der Waals surface area contributed by atoms with Gasteiger partial charge in [0.1, 0.15) is 11.6 Å². The summed E-state index contributed by atoms with van der Waals surface area (Å²) < 4.78 is 10.9. The van der Waals surface area contributed by atoms with E-state index in [4.69, 9.17) is 37.7 Å². The van der Waals surface area contributed by atoms with E-state index in [9.17, 15) is 4.79 Å². The molecule has 1 aliphatic rings. The zero-order valence-corrected chi connectivity index (χ0v) is 18.0. The van der Waals surface area contributed by atoms with Crippen LogP contribution in [0.2, 0.25) is 10.0 Å². The number of pyridine rings is 1. The molecule has 4 rings (SSSR count). The number of ether oxygens (including phenoxy) is 2. The number of anilines is 2. The number of hydrogen-bond donors (Lipinski definition) is 1. The molecule has 0 spiro atoms. The Balaban J connectivity index is 1.45. The maximum Gasteiger partial charge on any atom is 0.262 e. The van der Waals surface area contributed by atoms with Gasteiger partial charge in [-0.3, -0.25) is 4.79 Å². The highest BCUT2D eigenvalue weighted by atomic mass is 35.5. The van der Waals surface area contributed by atoms with Crippen molar-refractivity contribution in [1.29, 1.82) is 0 Å². The number of hydrogen-bond acceptors (Lipinski definition) is 5. The van der Waals surface area contributed by atoms with Gasteiger partial charge in [-0.25, -0.2) is 4.98 Å². The molecule has 0 aliphatic carbocycles. The van der Waals surface area contributed by atoms with Crippen molar-refractivity contribution in [2.24, 2.45) is 0 Å². The average molecular weight is 446 g/mol. The van der Waals surface area contributed by atoms with Crippen LogP contribution in [0.4, 0.5) is 11.5 Å². The lowest BCUT2D eigenvalue weighted by atomic mass is 10.1. The fourth-order valence-corrected chi connectivity index (χ4v) is 3.80. The highest BCUT2D eigenvalue weighted by molar-refractivity contribution is 6.35. The summed E-state index contributed by atoms with van der Waals surface area (Å²) in [4.78, 5) is 19.3. The van der Waals surface area contributed by atoms with Crippen LogP contribution in [0.5, 0.6) is 5.75 Å².